The summed E-state index contributed by atoms with van der Waals surface area (Å²) in [5.74, 6) is 1.48. The molecule has 1 aromatic carbocycles. The van der Waals surface area contributed by atoms with Crippen molar-refractivity contribution in [1.82, 2.24) is 15.6 Å². The molecule has 0 unspecified atom stereocenters. The number of nitrogens with one attached hydrogen (secondary N) is 2. The van der Waals surface area contributed by atoms with Gasteiger partial charge in [0.1, 0.15) is 17.5 Å². The van der Waals surface area contributed by atoms with Crippen molar-refractivity contribution in [1.29, 1.82) is 0 Å². The van der Waals surface area contributed by atoms with Crippen molar-refractivity contribution in [3.63, 3.8) is 0 Å². The first-order valence-corrected chi connectivity index (χ1v) is 7.58. The smallest absolute Gasteiger partial charge is 0.312 e. The lowest BCUT2D eigenvalue weighted by atomic mass is 10.2. The van der Waals surface area contributed by atoms with Gasteiger partial charge < -0.3 is 25.8 Å². The van der Waals surface area contributed by atoms with Crippen molar-refractivity contribution in [3.8, 4) is 17.4 Å². The lowest BCUT2D eigenvalue weighted by molar-refractivity contribution is -0.122. The number of methoxy groups -OCH3 is 1. The van der Waals surface area contributed by atoms with E-state index in [1.807, 2.05) is 0 Å². The Morgan fingerprint density at radius 2 is 1.84 bits per heavy atom. The van der Waals surface area contributed by atoms with E-state index in [1.54, 1.807) is 56.6 Å². The molecule has 0 radical (unpaired) electrons. The van der Waals surface area contributed by atoms with Gasteiger partial charge in [0, 0.05) is 18.8 Å². The van der Waals surface area contributed by atoms with Gasteiger partial charge in [0.15, 0.2) is 0 Å². The van der Waals surface area contributed by atoms with Crippen LogP contribution >= 0.6 is 0 Å². The highest BCUT2D eigenvalue weighted by Gasteiger charge is 2.13. The Kier molecular flexibility index (Phi) is 6.16. The summed E-state index contributed by atoms with van der Waals surface area (Å²) >= 11 is 0. The van der Waals surface area contributed by atoms with E-state index in [0.29, 0.717) is 11.6 Å². The zero-order valence-electron chi connectivity index (χ0n) is 14.0. The third-order valence-corrected chi connectivity index (χ3v) is 3.30. The van der Waals surface area contributed by atoms with Crippen LogP contribution in [0.1, 0.15) is 12.5 Å². The van der Waals surface area contributed by atoms with E-state index in [-0.39, 0.29) is 12.5 Å². The second kappa shape index (κ2) is 8.53. The number of aromatic nitrogens is 1. The molecule has 2 aromatic rings. The van der Waals surface area contributed by atoms with E-state index in [0.717, 1.165) is 11.3 Å². The summed E-state index contributed by atoms with van der Waals surface area (Å²) < 4.78 is 10.7. The van der Waals surface area contributed by atoms with E-state index >= 15 is 0 Å². The number of nitrogens with two attached hydrogens (primary N) is 1. The van der Waals surface area contributed by atoms with E-state index in [2.05, 4.69) is 15.6 Å². The van der Waals surface area contributed by atoms with Crippen molar-refractivity contribution in [2.45, 2.75) is 19.5 Å². The molecule has 3 amide bonds. The Labute approximate surface area is 145 Å². The van der Waals surface area contributed by atoms with Gasteiger partial charge in [-0.3, -0.25) is 4.79 Å². The minimum Gasteiger partial charge on any atom is -0.497 e. The number of primary amides is 1. The maximum atomic E-state index is 11.8. The molecule has 0 aliphatic rings. The van der Waals surface area contributed by atoms with Crippen LogP contribution in [0.4, 0.5) is 4.79 Å². The van der Waals surface area contributed by atoms with Crippen LogP contribution < -0.4 is 25.8 Å². The predicted molar refractivity (Wildman–Crippen MR) is 91.3 cm³/mol. The number of rotatable bonds is 7. The van der Waals surface area contributed by atoms with Crippen LogP contribution in [0.3, 0.4) is 0 Å². The Morgan fingerprint density at radius 3 is 2.40 bits per heavy atom. The maximum absolute atomic E-state index is 11.8. The third kappa shape index (κ3) is 5.69. The Hall–Kier alpha value is -3.29. The fraction of sp³-hybridized carbons (Fsp3) is 0.235. The zero-order chi connectivity index (χ0) is 18.2. The summed E-state index contributed by atoms with van der Waals surface area (Å²) in [7, 11) is 1.60. The van der Waals surface area contributed by atoms with Gasteiger partial charge in [0.05, 0.1) is 7.11 Å². The summed E-state index contributed by atoms with van der Waals surface area (Å²) in [6, 6.07) is 9.19. The summed E-state index contributed by atoms with van der Waals surface area (Å²) in [6.45, 7) is 1.82. The fourth-order valence-corrected chi connectivity index (χ4v) is 1.96. The molecular weight excluding hydrogens is 324 g/mol. The first-order chi connectivity index (χ1) is 12.0. The molecule has 1 aromatic heterocycles. The topological polar surface area (TPSA) is 116 Å². The SMILES string of the molecule is COc1ccc(Oc2ccc(CNC(=O)[C@@H](C)NC(N)=O)cn2)cc1. The number of nitrogens with zero attached hydrogens (tertiary/aromatic N) is 1. The number of ether oxygens (including phenoxy) is 2. The van der Waals surface area contributed by atoms with E-state index < -0.39 is 12.1 Å². The van der Waals surface area contributed by atoms with Gasteiger partial charge in [0.25, 0.3) is 0 Å². The quantitative estimate of drug-likeness (QED) is 0.705. The third-order valence-electron chi connectivity index (χ3n) is 3.30. The number of hydrogen-bond donors (Lipinski definition) is 3. The fourth-order valence-electron chi connectivity index (χ4n) is 1.96. The number of carbonyl (C=O) groups excluding carboxylic acids is 2. The monoisotopic (exact) mass is 344 g/mol. The Balaban J connectivity index is 1.86. The van der Waals surface area contributed by atoms with Crippen LogP contribution in [0, 0.1) is 0 Å². The van der Waals surface area contributed by atoms with E-state index in [4.69, 9.17) is 15.2 Å². The summed E-state index contributed by atoms with van der Waals surface area (Å²) in [5.41, 5.74) is 5.77. The molecule has 8 heteroatoms. The van der Waals surface area contributed by atoms with Gasteiger partial charge >= 0.3 is 6.03 Å². The second-order valence-electron chi connectivity index (χ2n) is 5.23. The second-order valence-corrected chi connectivity index (χ2v) is 5.23. The van der Waals surface area contributed by atoms with Crippen molar-refractivity contribution < 1.29 is 19.1 Å². The first-order valence-electron chi connectivity index (χ1n) is 7.58. The molecule has 0 saturated heterocycles. The van der Waals surface area contributed by atoms with Gasteiger partial charge in [-0.15, -0.1) is 0 Å². The van der Waals surface area contributed by atoms with Gasteiger partial charge in [-0.25, -0.2) is 9.78 Å². The molecule has 1 heterocycles. The molecule has 0 saturated carbocycles. The summed E-state index contributed by atoms with van der Waals surface area (Å²) in [5, 5.41) is 4.99. The van der Waals surface area contributed by atoms with Gasteiger partial charge in [-0.1, -0.05) is 6.07 Å². The Morgan fingerprint density at radius 1 is 1.16 bits per heavy atom. The van der Waals surface area contributed by atoms with Crippen LogP contribution in [0.15, 0.2) is 42.6 Å². The van der Waals surface area contributed by atoms with Crippen LogP contribution in [0.25, 0.3) is 0 Å². The minimum atomic E-state index is -0.746. The number of amides is 3. The van der Waals surface area contributed by atoms with Crippen LogP contribution in [-0.4, -0.2) is 30.1 Å². The van der Waals surface area contributed by atoms with E-state index in [1.165, 1.54) is 0 Å². The van der Waals surface area contributed by atoms with Crippen LogP contribution in [0.2, 0.25) is 0 Å². The van der Waals surface area contributed by atoms with Crippen molar-refractivity contribution in [2.24, 2.45) is 5.73 Å². The Bertz CT molecular complexity index is 716. The predicted octanol–water partition coefficient (Wildman–Crippen LogP) is 1.56. The first kappa shape index (κ1) is 18.1. The maximum Gasteiger partial charge on any atom is 0.312 e. The molecule has 0 fully saturated rings. The zero-order valence-corrected chi connectivity index (χ0v) is 14.0. The van der Waals surface area contributed by atoms with Crippen molar-refractivity contribution >= 4 is 11.9 Å². The average Bonchev–Trinajstić information content (AvgIpc) is 2.61. The molecule has 0 spiro atoms. The van der Waals surface area contributed by atoms with Gasteiger partial charge in [-0.05, 0) is 36.8 Å². The number of urea groups is 1. The number of hydrogen-bond acceptors (Lipinski definition) is 5. The molecule has 2 rings (SSSR count). The van der Waals surface area contributed by atoms with Crippen LogP contribution in [0.5, 0.6) is 17.4 Å². The molecular formula is C17H20N4O4. The van der Waals surface area contributed by atoms with Crippen molar-refractivity contribution in [3.05, 3.63) is 48.2 Å². The standard InChI is InChI=1S/C17H20N4O4/c1-11(21-17(18)23)16(22)20-10-12-3-8-15(19-9-12)25-14-6-4-13(24-2)5-7-14/h3-9,11H,10H2,1-2H3,(H,20,22)(H3,18,21,23)/t11-/m1/s1. The highest BCUT2D eigenvalue weighted by molar-refractivity contribution is 5.86. The molecule has 0 bridgehead atoms. The number of pyridine rings is 1. The molecule has 4 N–H and O–H groups in total. The number of benzene rings is 1. The van der Waals surface area contributed by atoms with Gasteiger partial charge in [0.2, 0.25) is 11.8 Å². The lowest BCUT2D eigenvalue weighted by Gasteiger charge is -2.12. The molecule has 25 heavy (non-hydrogen) atoms. The molecule has 1 atom stereocenters. The molecule has 0 aliphatic heterocycles. The molecule has 8 nitrogen and oxygen atoms in total. The lowest BCUT2D eigenvalue weighted by Crippen LogP contribution is -2.46. The highest BCUT2D eigenvalue weighted by Crippen LogP contribution is 2.22. The van der Waals surface area contributed by atoms with Crippen LogP contribution in [-0.2, 0) is 11.3 Å². The highest BCUT2D eigenvalue weighted by atomic mass is 16.5. The largest absolute Gasteiger partial charge is 0.497 e. The van der Waals surface area contributed by atoms with Crippen molar-refractivity contribution in [2.75, 3.05) is 7.11 Å². The molecule has 0 aliphatic carbocycles. The normalized spacial score (nSPS) is 11.3. The van der Waals surface area contributed by atoms with Gasteiger partial charge in [-0.2, -0.15) is 0 Å². The number of carbonyl (C=O) groups is 2. The average molecular weight is 344 g/mol. The summed E-state index contributed by atoms with van der Waals surface area (Å²) in [6.07, 6.45) is 1.60. The molecule has 132 valence electrons. The van der Waals surface area contributed by atoms with E-state index in [9.17, 15) is 9.59 Å². The summed E-state index contributed by atoms with van der Waals surface area (Å²) in [4.78, 5) is 26.7. The minimum absolute atomic E-state index is 0.277.